The van der Waals surface area contributed by atoms with Gasteiger partial charge in [0.2, 0.25) is 17.3 Å². The number of aromatic nitrogens is 2. The minimum atomic E-state index is -2.00. The molecule has 2 N–H and O–H groups in total. The number of aliphatic hydroxyl groups is 1. The van der Waals surface area contributed by atoms with Crippen molar-refractivity contribution in [1.82, 2.24) is 15.0 Å². The highest BCUT2D eigenvalue weighted by Gasteiger charge is 2.39. The number of carbonyl (C=O) groups is 1. The van der Waals surface area contributed by atoms with Crippen LogP contribution in [0.2, 0.25) is 0 Å². The lowest BCUT2D eigenvalue weighted by molar-refractivity contribution is -0.155. The van der Waals surface area contributed by atoms with E-state index in [1.165, 1.54) is 0 Å². The topological polar surface area (TPSA) is 99.7 Å². The van der Waals surface area contributed by atoms with Crippen LogP contribution in [-0.2, 0) is 16.8 Å². The third kappa shape index (κ3) is 6.62. The Balaban J connectivity index is 0.000000196. The molecule has 4 aromatic rings. The minimum absolute atomic E-state index is 0.346. The van der Waals surface area contributed by atoms with E-state index in [1.807, 2.05) is 30.3 Å². The Morgan fingerprint density at radius 1 is 0.857 bits per heavy atom. The van der Waals surface area contributed by atoms with Crippen LogP contribution >= 0.6 is 0 Å². The second-order valence-electron chi connectivity index (χ2n) is 7.90. The van der Waals surface area contributed by atoms with Crippen molar-refractivity contribution in [2.24, 2.45) is 0 Å². The number of hydrogen-bond donors (Lipinski definition) is 2. The molecule has 0 bridgehead atoms. The molecule has 0 unspecified atom stereocenters. The van der Waals surface area contributed by atoms with Gasteiger partial charge in [-0.05, 0) is 24.2 Å². The van der Waals surface area contributed by atoms with Gasteiger partial charge in [-0.1, -0.05) is 110 Å². The van der Waals surface area contributed by atoms with Gasteiger partial charge in [0, 0.05) is 18.5 Å². The van der Waals surface area contributed by atoms with Gasteiger partial charge in [-0.3, -0.25) is 0 Å². The van der Waals surface area contributed by atoms with E-state index >= 15 is 0 Å². The molecule has 7 nitrogen and oxygen atoms in total. The van der Waals surface area contributed by atoms with E-state index in [4.69, 9.17) is 4.52 Å². The number of carboxylic acids is 1. The second kappa shape index (κ2) is 12.6. The molecule has 0 fully saturated rings. The molecule has 3 aromatic carbocycles. The van der Waals surface area contributed by atoms with Gasteiger partial charge >= 0.3 is 5.97 Å². The molecule has 0 spiro atoms. The lowest BCUT2D eigenvalue weighted by atomic mass is 9.86. The van der Waals surface area contributed by atoms with Crippen molar-refractivity contribution in [2.45, 2.75) is 25.9 Å². The van der Waals surface area contributed by atoms with E-state index in [9.17, 15) is 15.0 Å². The molecule has 7 heteroatoms. The van der Waals surface area contributed by atoms with Crippen LogP contribution in [-0.4, -0.2) is 50.9 Å². The van der Waals surface area contributed by atoms with Crippen LogP contribution in [0.1, 0.15) is 30.9 Å². The first-order chi connectivity index (χ1) is 17.0. The van der Waals surface area contributed by atoms with Crippen LogP contribution < -0.4 is 0 Å². The zero-order chi connectivity index (χ0) is 25.1. The Morgan fingerprint density at radius 2 is 1.34 bits per heavy atom. The first-order valence-electron chi connectivity index (χ1n) is 11.7. The van der Waals surface area contributed by atoms with Crippen molar-refractivity contribution in [2.75, 3.05) is 19.6 Å². The van der Waals surface area contributed by atoms with Crippen LogP contribution in [0.5, 0.6) is 0 Å². The van der Waals surface area contributed by atoms with Crippen LogP contribution in [0, 0.1) is 0 Å². The van der Waals surface area contributed by atoms with Gasteiger partial charge in [-0.25, -0.2) is 4.79 Å². The highest BCUT2D eigenvalue weighted by Crippen LogP contribution is 2.29. The van der Waals surface area contributed by atoms with Crippen molar-refractivity contribution < 1.29 is 19.5 Å². The Kier molecular flexibility index (Phi) is 9.29. The molecule has 1 aromatic heterocycles. The molecule has 0 saturated heterocycles. The molecule has 0 aliphatic heterocycles. The smallest absolute Gasteiger partial charge is 0.345 e. The number of hydrogen-bond acceptors (Lipinski definition) is 6. The summed E-state index contributed by atoms with van der Waals surface area (Å²) in [5.41, 5.74) is -0.310. The summed E-state index contributed by atoms with van der Waals surface area (Å²) >= 11 is 0. The molecule has 0 atom stereocenters. The maximum Gasteiger partial charge on any atom is 0.345 e. The summed E-state index contributed by atoms with van der Waals surface area (Å²) in [6.07, 6.45) is 0.807. The maximum atomic E-state index is 11.4. The molecule has 0 amide bonds. The average Bonchev–Trinajstić information content (AvgIpc) is 3.40. The standard InChI is InChI=1S/C14H19N3O.C14H12O3/c1-3-17(4-2)11-10-13-15-14(16-18-13)12-8-6-5-7-9-12;15-13(16)14(17,11-7-3-1-4-8-11)12-9-5-2-6-10-12/h5-9H,3-4,10-11H2,1-2H3;1-10,17H,(H,15,16). The average molecular weight is 474 g/mol. The molecule has 0 radical (unpaired) electrons. The third-order valence-corrected chi connectivity index (χ3v) is 5.73. The summed E-state index contributed by atoms with van der Waals surface area (Å²) in [7, 11) is 0. The predicted molar refractivity (Wildman–Crippen MR) is 135 cm³/mol. The van der Waals surface area contributed by atoms with E-state index in [0.717, 1.165) is 31.6 Å². The highest BCUT2D eigenvalue weighted by atomic mass is 16.5. The van der Waals surface area contributed by atoms with E-state index in [0.29, 0.717) is 22.8 Å². The summed E-state index contributed by atoms with van der Waals surface area (Å²) in [6.45, 7) is 7.38. The Labute approximate surface area is 205 Å². The van der Waals surface area contributed by atoms with Gasteiger partial charge in [0.25, 0.3) is 0 Å². The first kappa shape index (κ1) is 25.8. The third-order valence-electron chi connectivity index (χ3n) is 5.73. The van der Waals surface area contributed by atoms with Crippen molar-refractivity contribution in [3.8, 4) is 11.4 Å². The molecule has 4 rings (SSSR count). The van der Waals surface area contributed by atoms with E-state index in [-0.39, 0.29) is 0 Å². The summed E-state index contributed by atoms with van der Waals surface area (Å²) in [5.74, 6) is 0.0980. The zero-order valence-corrected chi connectivity index (χ0v) is 20.0. The van der Waals surface area contributed by atoms with Crippen LogP contribution in [0.15, 0.2) is 95.5 Å². The fourth-order valence-electron chi connectivity index (χ4n) is 3.63. The van der Waals surface area contributed by atoms with Crippen molar-refractivity contribution >= 4 is 5.97 Å². The molecular formula is C28H31N3O4. The van der Waals surface area contributed by atoms with Crippen LogP contribution in [0.25, 0.3) is 11.4 Å². The van der Waals surface area contributed by atoms with Crippen molar-refractivity contribution in [3.05, 3.63) is 108 Å². The lowest BCUT2D eigenvalue weighted by Crippen LogP contribution is -2.36. The Bertz CT molecular complexity index is 1120. The number of carboxylic acid groups (broad SMARTS) is 1. The predicted octanol–water partition coefficient (Wildman–Crippen LogP) is 4.63. The highest BCUT2D eigenvalue weighted by molar-refractivity contribution is 5.83. The zero-order valence-electron chi connectivity index (χ0n) is 20.0. The normalized spacial score (nSPS) is 11.1. The van der Waals surface area contributed by atoms with Gasteiger partial charge in [0.15, 0.2) is 0 Å². The largest absolute Gasteiger partial charge is 0.479 e. The quantitative estimate of drug-likeness (QED) is 0.366. The van der Waals surface area contributed by atoms with Crippen LogP contribution in [0.4, 0.5) is 0 Å². The Morgan fingerprint density at radius 3 is 1.80 bits per heavy atom. The number of aliphatic carboxylic acids is 1. The van der Waals surface area contributed by atoms with Gasteiger partial charge in [-0.2, -0.15) is 4.98 Å². The SMILES string of the molecule is CCN(CC)CCc1nc(-c2ccccc2)no1.O=C(O)C(O)(c1ccccc1)c1ccccc1. The summed E-state index contributed by atoms with van der Waals surface area (Å²) in [6, 6.07) is 26.6. The molecule has 1 heterocycles. The first-order valence-corrected chi connectivity index (χ1v) is 11.7. The molecule has 35 heavy (non-hydrogen) atoms. The fraction of sp³-hybridized carbons (Fsp3) is 0.250. The lowest BCUT2D eigenvalue weighted by Gasteiger charge is -2.24. The minimum Gasteiger partial charge on any atom is -0.479 e. The van der Waals surface area contributed by atoms with Gasteiger partial charge in [0.05, 0.1) is 0 Å². The molecule has 182 valence electrons. The number of likely N-dealkylation sites (N-methyl/N-ethyl adjacent to an activating group) is 1. The van der Waals surface area contributed by atoms with E-state index in [1.54, 1.807) is 60.7 Å². The molecule has 0 aliphatic carbocycles. The molecular weight excluding hydrogens is 442 g/mol. The number of benzene rings is 3. The van der Waals surface area contributed by atoms with Gasteiger partial charge < -0.3 is 19.6 Å². The van der Waals surface area contributed by atoms with Crippen molar-refractivity contribution in [1.29, 1.82) is 0 Å². The second-order valence-corrected chi connectivity index (χ2v) is 7.90. The fourth-order valence-corrected chi connectivity index (χ4v) is 3.63. The van der Waals surface area contributed by atoms with E-state index < -0.39 is 11.6 Å². The monoisotopic (exact) mass is 473 g/mol. The summed E-state index contributed by atoms with van der Waals surface area (Å²) < 4.78 is 5.27. The number of nitrogens with zero attached hydrogens (tertiary/aromatic N) is 3. The summed E-state index contributed by atoms with van der Waals surface area (Å²) in [4.78, 5) is 18.1. The summed E-state index contributed by atoms with van der Waals surface area (Å²) in [5, 5.41) is 23.7. The van der Waals surface area contributed by atoms with Gasteiger partial charge in [-0.15, -0.1) is 0 Å². The number of rotatable bonds is 9. The molecule has 0 aliphatic rings. The maximum absolute atomic E-state index is 11.4. The van der Waals surface area contributed by atoms with Crippen LogP contribution in [0.3, 0.4) is 0 Å². The van der Waals surface area contributed by atoms with Gasteiger partial charge in [0.1, 0.15) is 0 Å². The Hall–Kier alpha value is -3.81. The molecule has 0 saturated carbocycles. The van der Waals surface area contributed by atoms with E-state index in [2.05, 4.69) is 28.9 Å². The van der Waals surface area contributed by atoms with Crippen molar-refractivity contribution in [3.63, 3.8) is 0 Å².